The average molecular weight is 344 g/mol. The van der Waals surface area contributed by atoms with Gasteiger partial charge in [-0.25, -0.2) is 4.99 Å². The first-order chi connectivity index (χ1) is 10.8. The van der Waals surface area contributed by atoms with Crippen LogP contribution in [0.25, 0.3) is 0 Å². The molecule has 0 saturated carbocycles. The van der Waals surface area contributed by atoms with Crippen molar-refractivity contribution in [3.05, 3.63) is 45.7 Å². The molecule has 122 valence electrons. The lowest BCUT2D eigenvalue weighted by atomic mass is 10.1. The molecule has 23 heavy (non-hydrogen) atoms. The Bertz CT molecular complexity index is 796. The Kier molecular flexibility index (Phi) is 3.83. The second-order valence-corrected chi connectivity index (χ2v) is 5.60. The first-order valence-electron chi connectivity index (χ1n) is 6.95. The fraction of sp³-hybridized carbons (Fsp3) is 0.333. The fourth-order valence-electron chi connectivity index (χ4n) is 2.45. The highest BCUT2D eigenvalue weighted by molar-refractivity contribution is 6.30. The van der Waals surface area contributed by atoms with E-state index in [4.69, 9.17) is 16.3 Å². The van der Waals surface area contributed by atoms with Gasteiger partial charge in [-0.15, -0.1) is 0 Å². The van der Waals surface area contributed by atoms with Gasteiger partial charge < -0.3 is 4.74 Å². The molecule has 2 aromatic rings. The predicted octanol–water partition coefficient (Wildman–Crippen LogP) is 4.49. The molecule has 0 fully saturated rings. The predicted molar refractivity (Wildman–Crippen MR) is 80.1 cm³/mol. The van der Waals surface area contributed by atoms with Crippen molar-refractivity contribution >= 4 is 23.2 Å². The van der Waals surface area contributed by atoms with E-state index in [1.165, 1.54) is 4.68 Å². The van der Waals surface area contributed by atoms with E-state index < -0.39 is 11.9 Å². The van der Waals surface area contributed by atoms with Crippen LogP contribution in [0.2, 0.25) is 5.02 Å². The number of nitrogens with zero attached hydrogens (tertiary/aromatic N) is 3. The van der Waals surface area contributed by atoms with Gasteiger partial charge in [-0.3, -0.25) is 4.68 Å². The molecule has 0 amide bonds. The molecule has 0 saturated heterocycles. The van der Waals surface area contributed by atoms with E-state index in [-0.39, 0.29) is 24.7 Å². The van der Waals surface area contributed by atoms with Crippen LogP contribution in [-0.2, 0) is 24.1 Å². The number of aliphatic imine (C=N–C) groups is 1. The van der Waals surface area contributed by atoms with E-state index in [9.17, 15) is 13.2 Å². The Balaban J connectivity index is 2.09. The van der Waals surface area contributed by atoms with Crippen LogP contribution in [0.4, 0.5) is 18.9 Å². The molecule has 1 aliphatic rings. The molecule has 0 atom stereocenters. The van der Waals surface area contributed by atoms with Gasteiger partial charge in [-0.05, 0) is 31.5 Å². The summed E-state index contributed by atoms with van der Waals surface area (Å²) in [5.41, 5.74) is 1.57. The van der Waals surface area contributed by atoms with Gasteiger partial charge in [-0.2, -0.15) is 18.3 Å². The largest absolute Gasteiger partial charge is 0.471 e. The zero-order valence-electron chi connectivity index (χ0n) is 12.4. The number of alkyl halides is 3. The van der Waals surface area contributed by atoms with Gasteiger partial charge in [0.15, 0.2) is 5.69 Å². The quantitative estimate of drug-likeness (QED) is 0.805. The maximum Gasteiger partial charge on any atom is 0.435 e. The summed E-state index contributed by atoms with van der Waals surface area (Å²) in [6.45, 7) is 4.03. The molecular weight excluding hydrogens is 331 g/mol. The van der Waals surface area contributed by atoms with Crippen LogP contribution in [0, 0.1) is 6.92 Å². The van der Waals surface area contributed by atoms with Crippen molar-refractivity contribution in [2.75, 3.05) is 0 Å². The zero-order valence-corrected chi connectivity index (χ0v) is 13.2. The third-order valence-electron chi connectivity index (χ3n) is 3.51. The zero-order chi connectivity index (χ0) is 16.8. The summed E-state index contributed by atoms with van der Waals surface area (Å²) in [5, 5.41) is 4.15. The van der Waals surface area contributed by atoms with E-state index >= 15 is 0 Å². The van der Waals surface area contributed by atoms with E-state index in [0.29, 0.717) is 10.7 Å². The third-order valence-corrected chi connectivity index (χ3v) is 3.73. The normalized spacial score (nSPS) is 14.3. The lowest BCUT2D eigenvalue weighted by molar-refractivity contribution is -0.141. The summed E-state index contributed by atoms with van der Waals surface area (Å²) < 4.78 is 45.3. The molecule has 1 aliphatic heterocycles. The standard InChI is InChI=1S/C15H13ClF3N3O/c1-3-22-11(6-12(21-22)15(17,18)19)14-20-13-8(2)4-10(16)5-9(13)7-23-14/h4-6H,3,7H2,1-2H3. The maximum atomic E-state index is 12.9. The van der Waals surface area contributed by atoms with Crippen molar-refractivity contribution in [1.82, 2.24) is 9.78 Å². The number of benzene rings is 1. The second-order valence-electron chi connectivity index (χ2n) is 5.16. The minimum atomic E-state index is -4.51. The minimum Gasteiger partial charge on any atom is -0.471 e. The molecule has 4 nitrogen and oxygen atoms in total. The Labute approximate surface area is 135 Å². The molecule has 2 heterocycles. The van der Waals surface area contributed by atoms with Gasteiger partial charge in [0.25, 0.3) is 0 Å². The topological polar surface area (TPSA) is 39.4 Å². The Hall–Kier alpha value is -2.02. The van der Waals surface area contributed by atoms with Crippen molar-refractivity contribution in [2.45, 2.75) is 33.2 Å². The van der Waals surface area contributed by atoms with Gasteiger partial charge in [0.2, 0.25) is 5.90 Å². The van der Waals surface area contributed by atoms with Crippen LogP contribution < -0.4 is 0 Å². The molecule has 0 unspecified atom stereocenters. The van der Waals surface area contributed by atoms with E-state index in [1.807, 2.05) is 6.92 Å². The highest BCUT2D eigenvalue weighted by Gasteiger charge is 2.36. The average Bonchev–Trinajstić information content (AvgIpc) is 2.91. The van der Waals surface area contributed by atoms with Gasteiger partial charge in [0.1, 0.15) is 12.3 Å². The Morgan fingerprint density at radius 1 is 1.30 bits per heavy atom. The smallest absolute Gasteiger partial charge is 0.435 e. The molecule has 1 aromatic heterocycles. The highest BCUT2D eigenvalue weighted by atomic mass is 35.5. The summed E-state index contributed by atoms with van der Waals surface area (Å²) >= 11 is 5.99. The molecule has 0 spiro atoms. The van der Waals surface area contributed by atoms with Crippen molar-refractivity contribution in [3.8, 4) is 0 Å². The maximum absolute atomic E-state index is 12.9. The van der Waals surface area contributed by atoms with E-state index in [2.05, 4.69) is 10.1 Å². The summed E-state index contributed by atoms with van der Waals surface area (Å²) in [5.74, 6) is 0.132. The summed E-state index contributed by atoms with van der Waals surface area (Å²) in [6, 6.07) is 4.45. The molecule has 0 aliphatic carbocycles. The Morgan fingerprint density at radius 2 is 2.04 bits per heavy atom. The number of fused-ring (bicyclic) bond motifs is 1. The van der Waals surface area contributed by atoms with Gasteiger partial charge in [0, 0.05) is 23.2 Å². The van der Waals surface area contributed by atoms with Gasteiger partial charge >= 0.3 is 6.18 Å². The van der Waals surface area contributed by atoms with Crippen LogP contribution in [0.5, 0.6) is 0 Å². The summed E-state index contributed by atoms with van der Waals surface area (Å²) in [6.07, 6.45) is -4.51. The first kappa shape index (κ1) is 15.9. The number of aryl methyl sites for hydroxylation is 2. The molecular formula is C15H13ClF3N3O. The van der Waals surface area contributed by atoms with E-state index in [1.54, 1.807) is 19.1 Å². The molecule has 1 aromatic carbocycles. The van der Waals surface area contributed by atoms with Crippen molar-refractivity contribution in [3.63, 3.8) is 0 Å². The lowest BCUT2D eigenvalue weighted by Crippen LogP contribution is -2.16. The van der Waals surface area contributed by atoms with Gasteiger partial charge in [-0.1, -0.05) is 11.6 Å². The number of hydrogen-bond acceptors (Lipinski definition) is 3. The van der Waals surface area contributed by atoms with Crippen LogP contribution in [-0.4, -0.2) is 15.7 Å². The fourth-order valence-corrected chi connectivity index (χ4v) is 2.75. The third kappa shape index (κ3) is 2.93. The van der Waals surface area contributed by atoms with Crippen molar-refractivity contribution < 1.29 is 17.9 Å². The SMILES string of the molecule is CCn1nc(C(F)(F)F)cc1C1=Nc2c(C)cc(Cl)cc2CO1. The second kappa shape index (κ2) is 5.56. The monoisotopic (exact) mass is 343 g/mol. The first-order valence-corrected chi connectivity index (χ1v) is 7.33. The molecule has 0 bridgehead atoms. The van der Waals surface area contributed by atoms with Gasteiger partial charge in [0.05, 0.1) is 5.69 Å². The van der Waals surface area contributed by atoms with E-state index in [0.717, 1.165) is 17.2 Å². The molecule has 0 N–H and O–H groups in total. The lowest BCUT2D eigenvalue weighted by Gasteiger charge is -2.19. The van der Waals surface area contributed by atoms with Crippen LogP contribution in [0.15, 0.2) is 23.2 Å². The number of ether oxygens (including phenoxy) is 1. The van der Waals surface area contributed by atoms with Crippen molar-refractivity contribution in [2.24, 2.45) is 4.99 Å². The Morgan fingerprint density at radius 3 is 2.70 bits per heavy atom. The number of hydrogen-bond donors (Lipinski definition) is 0. The minimum absolute atomic E-state index is 0.132. The number of aromatic nitrogens is 2. The number of halogens is 4. The summed E-state index contributed by atoms with van der Waals surface area (Å²) in [7, 11) is 0. The van der Waals surface area contributed by atoms with Crippen molar-refractivity contribution in [1.29, 1.82) is 0 Å². The van der Waals surface area contributed by atoms with Crippen LogP contribution in [0.1, 0.15) is 29.4 Å². The van der Waals surface area contributed by atoms with Crippen LogP contribution >= 0.6 is 11.6 Å². The highest BCUT2D eigenvalue weighted by Crippen LogP contribution is 2.34. The molecule has 8 heteroatoms. The number of rotatable bonds is 2. The molecule has 3 rings (SSSR count). The molecule has 0 radical (unpaired) electrons. The summed E-state index contributed by atoms with van der Waals surface area (Å²) in [4.78, 5) is 4.37. The van der Waals surface area contributed by atoms with Crippen LogP contribution in [0.3, 0.4) is 0 Å².